The average Bonchev–Trinajstić information content (AvgIpc) is 2.96. The van der Waals surface area contributed by atoms with E-state index in [0.29, 0.717) is 18.7 Å². The standard InChI is InChI=1S/C12H19N3O3S/c1-7(13)11-15-9(5-19-11)10(16)14-6-12(17)3-4-18-8(12)2/h5,7-8,17H,3-4,6,13H2,1-2H3,(H,14,16). The van der Waals surface area contributed by atoms with E-state index < -0.39 is 5.60 Å². The Morgan fingerprint density at radius 3 is 3.11 bits per heavy atom. The van der Waals surface area contributed by atoms with Crippen LogP contribution < -0.4 is 11.1 Å². The molecular weight excluding hydrogens is 266 g/mol. The van der Waals surface area contributed by atoms with E-state index >= 15 is 0 Å². The Morgan fingerprint density at radius 1 is 1.84 bits per heavy atom. The van der Waals surface area contributed by atoms with Gasteiger partial charge in [0.2, 0.25) is 0 Å². The molecule has 1 saturated heterocycles. The first kappa shape index (κ1) is 14.4. The van der Waals surface area contributed by atoms with Crippen LogP contribution in [-0.4, -0.2) is 40.9 Å². The van der Waals surface area contributed by atoms with Crippen LogP contribution in [0.4, 0.5) is 0 Å². The van der Waals surface area contributed by atoms with Crippen molar-refractivity contribution in [2.24, 2.45) is 5.73 Å². The second-order valence-electron chi connectivity index (χ2n) is 4.91. The number of aromatic nitrogens is 1. The molecule has 0 bridgehead atoms. The van der Waals surface area contributed by atoms with Crippen molar-refractivity contribution in [1.29, 1.82) is 0 Å². The molecule has 19 heavy (non-hydrogen) atoms. The Balaban J connectivity index is 1.94. The van der Waals surface area contributed by atoms with E-state index in [1.165, 1.54) is 11.3 Å². The lowest BCUT2D eigenvalue weighted by Crippen LogP contribution is -2.47. The number of carbonyl (C=O) groups is 1. The molecule has 1 aliphatic heterocycles. The van der Waals surface area contributed by atoms with Crippen LogP contribution in [0.1, 0.15) is 41.8 Å². The second-order valence-corrected chi connectivity index (χ2v) is 5.80. The third kappa shape index (κ3) is 3.11. The Bertz CT molecular complexity index is 463. The van der Waals surface area contributed by atoms with Gasteiger partial charge >= 0.3 is 0 Å². The maximum absolute atomic E-state index is 11.9. The van der Waals surface area contributed by atoms with Crippen LogP contribution in [-0.2, 0) is 4.74 Å². The minimum atomic E-state index is -0.990. The molecule has 2 heterocycles. The zero-order valence-corrected chi connectivity index (χ0v) is 11.9. The van der Waals surface area contributed by atoms with Crippen LogP contribution >= 0.6 is 11.3 Å². The lowest BCUT2D eigenvalue weighted by Gasteiger charge is -2.25. The molecule has 1 aromatic heterocycles. The molecule has 3 atom stereocenters. The van der Waals surface area contributed by atoms with Gasteiger partial charge in [0, 0.05) is 25.0 Å². The summed E-state index contributed by atoms with van der Waals surface area (Å²) in [6.07, 6.45) is 0.249. The summed E-state index contributed by atoms with van der Waals surface area (Å²) in [5.41, 5.74) is 5.05. The molecular formula is C12H19N3O3S. The number of nitrogens with one attached hydrogen (secondary N) is 1. The van der Waals surface area contributed by atoms with Gasteiger partial charge in [0.15, 0.2) is 0 Å². The van der Waals surface area contributed by atoms with Gasteiger partial charge < -0.3 is 20.9 Å². The van der Waals surface area contributed by atoms with E-state index in [1.54, 1.807) is 12.3 Å². The zero-order chi connectivity index (χ0) is 14.0. The topological polar surface area (TPSA) is 97.5 Å². The first-order valence-corrected chi connectivity index (χ1v) is 7.13. The Labute approximate surface area is 116 Å². The summed E-state index contributed by atoms with van der Waals surface area (Å²) >= 11 is 1.36. The summed E-state index contributed by atoms with van der Waals surface area (Å²) in [6, 6.07) is -0.181. The van der Waals surface area contributed by atoms with Gasteiger partial charge in [0.05, 0.1) is 12.1 Å². The summed E-state index contributed by atoms with van der Waals surface area (Å²) < 4.78 is 5.31. The SMILES string of the molecule is CC(N)c1nc(C(=O)NCC2(O)CCOC2C)cs1. The highest BCUT2D eigenvalue weighted by Gasteiger charge is 2.39. The van der Waals surface area contributed by atoms with Crippen LogP contribution in [0.5, 0.6) is 0 Å². The lowest BCUT2D eigenvalue weighted by atomic mass is 9.97. The van der Waals surface area contributed by atoms with Gasteiger partial charge in [0.25, 0.3) is 5.91 Å². The number of hydrogen-bond donors (Lipinski definition) is 3. The van der Waals surface area contributed by atoms with E-state index in [4.69, 9.17) is 10.5 Å². The summed E-state index contributed by atoms with van der Waals surface area (Å²) in [6.45, 7) is 4.30. The molecule has 1 aliphatic rings. The largest absolute Gasteiger partial charge is 0.385 e. The molecule has 106 valence electrons. The molecule has 4 N–H and O–H groups in total. The Morgan fingerprint density at radius 2 is 2.58 bits per heavy atom. The number of ether oxygens (including phenoxy) is 1. The van der Waals surface area contributed by atoms with Crippen LogP contribution in [0.3, 0.4) is 0 Å². The van der Waals surface area contributed by atoms with Crippen molar-refractivity contribution >= 4 is 17.2 Å². The first-order valence-electron chi connectivity index (χ1n) is 6.25. The van der Waals surface area contributed by atoms with Crippen LogP contribution in [0.15, 0.2) is 5.38 Å². The second kappa shape index (κ2) is 5.54. The highest BCUT2D eigenvalue weighted by atomic mass is 32.1. The third-order valence-electron chi connectivity index (χ3n) is 3.36. The van der Waals surface area contributed by atoms with Gasteiger partial charge in [-0.05, 0) is 13.8 Å². The number of carbonyl (C=O) groups excluding carboxylic acids is 1. The van der Waals surface area contributed by atoms with Crippen LogP contribution in [0.2, 0.25) is 0 Å². The maximum Gasteiger partial charge on any atom is 0.270 e. The number of thiazole rings is 1. The molecule has 0 spiro atoms. The van der Waals surface area contributed by atoms with E-state index in [0.717, 1.165) is 5.01 Å². The molecule has 1 aromatic rings. The predicted octanol–water partition coefficient (Wildman–Crippen LogP) is 0.432. The third-order valence-corrected chi connectivity index (χ3v) is 4.40. The molecule has 0 aliphatic carbocycles. The highest BCUT2D eigenvalue weighted by Crippen LogP contribution is 2.25. The number of amides is 1. The maximum atomic E-state index is 11.9. The molecule has 6 nitrogen and oxygen atoms in total. The van der Waals surface area contributed by atoms with Crippen LogP contribution in [0, 0.1) is 0 Å². The van der Waals surface area contributed by atoms with Gasteiger partial charge in [-0.1, -0.05) is 0 Å². The van der Waals surface area contributed by atoms with Crippen molar-refractivity contribution in [2.45, 2.75) is 38.0 Å². The van der Waals surface area contributed by atoms with Gasteiger partial charge in [-0.15, -0.1) is 11.3 Å². The number of nitrogens with zero attached hydrogens (tertiary/aromatic N) is 1. The van der Waals surface area contributed by atoms with Crippen molar-refractivity contribution in [1.82, 2.24) is 10.3 Å². The van der Waals surface area contributed by atoms with Gasteiger partial charge in [0.1, 0.15) is 16.3 Å². The van der Waals surface area contributed by atoms with Crippen molar-refractivity contribution in [2.75, 3.05) is 13.2 Å². The highest BCUT2D eigenvalue weighted by molar-refractivity contribution is 7.09. The molecule has 0 saturated carbocycles. The molecule has 1 fully saturated rings. The fourth-order valence-electron chi connectivity index (χ4n) is 1.93. The van der Waals surface area contributed by atoms with E-state index in [-0.39, 0.29) is 24.6 Å². The average molecular weight is 285 g/mol. The molecule has 3 unspecified atom stereocenters. The van der Waals surface area contributed by atoms with Crippen molar-refractivity contribution in [3.63, 3.8) is 0 Å². The van der Waals surface area contributed by atoms with Gasteiger partial charge in [-0.2, -0.15) is 0 Å². The minimum Gasteiger partial charge on any atom is -0.385 e. The van der Waals surface area contributed by atoms with E-state index in [9.17, 15) is 9.90 Å². The predicted molar refractivity (Wildman–Crippen MR) is 72.0 cm³/mol. The molecule has 7 heteroatoms. The van der Waals surface area contributed by atoms with Gasteiger partial charge in [-0.25, -0.2) is 4.98 Å². The summed E-state index contributed by atoms with van der Waals surface area (Å²) in [5, 5.41) is 15.4. The quantitative estimate of drug-likeness (QED) is 0.745. The number of hydrogen-bond acceptors (Lipinski definition) is 6. The van der Waals surface area contributed by atoms with Crippen molar-refractivity contribution < 1.29 is 14.6 Å². The fourth-order valence-corrected chi connectivity index (χ4v) is 2.69. The molecule has 1 amide bonds. The minimum absolute atomic E-state index is 0.165. The van der Waals surface area contributed by atoms with Gasteiger partial charge in [-0.3, -0.25) is 4.79 Å². The summed E-state index contributed by atoms with van der Waals surface area (Å²) in [4.78, 5) is 16.1. The summed E-state index contributed by atoms with van der Waals surface area (Å²) in [5.74, 6) is -0.296. The first-order chi connectivity index (χ1) is 8.92. The normalized spacial score (nSPS) is 28.3. The van der Waals surface area contributed by atoms with Crippen molar-refractivity contribution in [3.8, 4) is 0 Å². The zero-order valence-electron chi connectivity index (χ0n) is 11.0. The van der Waals surface area contributed by atoms with Crippen molar-refractivity contribution in [3.05, 3.63) is 16.1 Å². The molecule has 0 radical (unpaired) electrons. The Hall–Kier alpha value is -1.02. The van der Waals surface area contributed by atoms with Crippen LogP contribution in [0.25, 0.3) is 0 Å². The number of nitrogens with two attached hydrogens (primary N) is 1. The fraction of sp³-hybridized carbons (Fsp3) is 0.667. The molecule has 0 aromatic carbocycles. The summed E-state index contributed by atoms with van der Waals surface area (Å²) in [7, 11) is 0. The molecule has 2 rings (SSSR count). The number of rotatable bonds is 4. The van der Waals surface area contributed by atoms with E-state index in [1.807, 2.05) is 6.92 Å². The van der Waals surface area contributed by atoms with E-state index in [2.05, 4.69) is 10.3 Å². The number of aliphatic hydroxyl groups is 1. The monoisotopic (exact) mass is 285 g/mol. The smallest absolute Gasteiger partial charge is 0.270 e. The Kier molecular flexibility index (Phi) is 4.19. The lowest BCUT2D eigenvalue weighted by molar-refractivity contribution is -0.0252.